The van der Waals surface area contributed by atoms with Crippen LogP contribution in [0.3, 0.4) is 0 Å². The summed E-state index contributed by atoms with van der Waals surface area (Å²) in [5.74, 6) is 0.461. The first kappa shape index (κ1) is 24.7. The fourth-order valence-electron chi connectivity index (χ4n) is 4.68. The second-order valence-electron chi connectivity index (χ2n) is 9.47. The van der Waals surface area contributed by atoms with E-state index in [4.69, 9.17) is 9.47 Å². The number of nitrogens with one attached hydrogen (secondary N) is 1. The van der Waals surface area contributed by atoms with Crippen molar-refractivity contribution in [3.8, 4) is 5.75 Å². The highest BCUT2D eigenvalue weighted by atomic mass is 16.5. The van der Waals surface area contributed by atoms with E-state index >= 15 is 0 Å². The molecule has 3 amide bonds. The summed E-state index contributed by atoms with van der Waals surface area (Å²) < 4.78 is 11.4. The van der Waals surface area contributed by atoms with Crippen molar-refractivity contribution in [2.45, 2.75) is 38.5 Å². The van der Waals surface area contributed by atoms with E-state index in [0.29, 0.717) is 55.3 Å². The van der Waals surface area contributed by atoms with E-state index in [1.165, 1.54) is 0 Å². The standard InChI is InChI=1S/C27H33N3O5/c1-19(2)17-28-24(31)23-18-35-27(30(23)26(33)20-7-5-4-6-8-20)13-15-29(16-14-27)25(32)21-9-11-22(34-3)12-10-21/h4-12,19,23H,13-18H2,1-3H3,(H,28,31)/t23-/m0/s1. The van der Waals surface area contributed by atoms with Crippen LogP contribution in [-0.4, -0.2) is 72.6 Å². The van der Waals surface area contributed by atoms with Gasteiger partial charge in [0.1, 0.15) is 17.5 Å². The second kappa shape index (κ2) is 10.5. The average molecular weight is 480 g/mol. The molecule has 2 heterocycles. The van der Waals surface area contributed by atoms with E-state index in [2.05, 4.69) is 5.32 Å². The van der Waals surface area contributed by atoms with Crippen LogP contribution in [-0.2, 0) is 9.53 Å². The van der Waals surface area contributed by atoms with Gasteiger partial charge in [-0.3, -0.25) is 19.3 Å². The molecule has 1 atom stereocenters. The molecule has 1 N–H and O–H groups in total. The minimum absolute atomic E-state index is 0.0762. The second-order valence-corrected chi connectivity index (χ2v) is 9.47. The van der Waals surface area contributed by atoms with Gasteiger partial charge in [-0.05, 0) is 42.3 Å². The number of likely N-dealkylation sites (tertiary alicyclic amines) is 1. The van der Waals surface area contributed by atoms with Crippen LogP contribution in [0.1, 0.15) is 47.4 Å². The molecule has 2 fully saturated rings. The van der Waals surface area contributed by atoms with Gasteiger partial charge in [0.25, 0.3) is 11.8 Å². The SMILES string of the molecule is COc1ccc(C(=O)N2CCC3(CC2)OC[C@@H](C(=O)NCC(C)C)N3C(=O)c2ccccc2)cc1. The van der Waals surface area contributed by atoms with Gasteiger partial charge in [0.05, 0.1) is 13.7 Å². The van der Waals surface area contributed by atoms with E-state index in [1.807, 2.05) is 19.9 Å². The van der Waals surface area contributed by atoms with Crippen molar-refractivity contribution in [3.63, 3.8) is 0 Å². The van der Waals surface area contributed by atoms with Crippen LogP contribution < -0.4 is 10.1 Å². The summed E-state index contributed by atoms with van der Waals surface area (Å²) in [6, 6.07) is 15.3. The molecule has 8 nitrogen and oxygen atoms in total. The first-order valence-corrected chi connectivity index (χ1v) is 12.1. The summed E-state index contributed by atoms with van der Waals surface area (Å²) in [4.78, 5) is 43.2. The number of carbonyl (C=O) groups excluding carboxylic acids is 3. The van der Waals surface area contributed by atoms with Gasteiger partial charge in [-0.25, -0.2) is 0 Å². The molecule has 0 bridgehead atoms. The molecule has 2 aliphatic heterocycles. The lowest BCUT2D eigenvalue weighted by Crippen LogP contribution is -2.60. The van der Waals surface area contributed by atoms with Crippen LogP contribution in [0.2, 0.25) is 0 Å². The Hall–Kier alpha value is -3.39. The Bertz CT molecular complexity index is 1050. The van der Waals surface area contributed by atoms with Crippen molar-refractivity contribution < 1.29 is 23.9 Å². The van der Waals surface area contributed by atoms with E-state index in [0.717, 1.165) is 0 Å². The van der Waals surface area contributed by atoms with Crippen LogP contribution in [0.5, 0.6) is 5.75 Å². The number of hydrogen-bond donors (Lipinski definition) is 1. The Balaban J connectivity index is 1.53. The maximum absolute atomic E-state index is 13.6. The van der Waals surface area contributed by atoms with Crippen molar-refractivity contribution in [2.75, 3.05) is 33.4 Å². The first-order chi connectivity index (χ1) is 16.8. The Kier molecular flexibility index (Phi) is 7.40. The predicted octanol–water partition coefficient (Wildman–Crippen LogP) is 2.94. The minimum atomic E-state index is -0.927. The zero-order valence-corrected chi connectivity index (χ0v) is 20.5. The smallest absolute Gasteiger partial charge is 0.256 e. The van der Waals surface area contributed by atoms with E-state index in [-0.39, 0.29) is 24.3 Å². The quantitative estimate of drug-likeness (QED) is 0.688. The molecule has 2 aromatic carbocycles. The number of piperidine rings is 1. The number of carbonyl (C=O) groups is 3. The van der Waals surface area contributed by atoms with Crippen molar-refractivity contribution in [2.24, 2.45) is 5.92 Å². The summed E-state index contributed by atoms with van der Waals surface area (Å²) in [6.07, 6.45) is 0.864. The van der Waals surface area contributed by atoms with Gasteiger partial charge in [-0.2, -0.15) is 0 Å². The van der Waals surface area contributed by atoms with E-state index in [9.17, 15) is 14.4 Å². The normalized spacial score (nSPS) is 19.1. The zero-order valence-electron chi connectivity index (χ0n) is 20.5. The molecule has 0 unspecified atom stereocenters. The maximum Gasteiger partial charge on any atom is 0.256 e. The third-order valence-electron chi connectivity index (χ3n) is 6.66. The fraction of sp³-hybridized carbons (Fsp3) is 0.444. The Morgan fingerprint density at radius 2 is 1.63 bits per heavy atom. The highest BCUT2D eigenvalue weighted by molar-refractivity contribution is 5.98. The van der Waals surface area contributed by atoms with E-state index in [1.54, 1.807) is 65.4 Å². The number of hydrogen-bond acceptors (Lipinski definition) is 5. The summed E-state index contributed by atoms with van der Waals surface area (Å²) >= 11 is 0. The van der Waals surface area contributed by atoms with Gasteiger partial charge in [-0.1, -0.05) is 32.0 Å². The molecule has 8 heteroatoms. The van der Waals surface area contributed by atoms with Crippen molar-refractivity contribution in [1.82, 2.24) is 15.1 Å². The average Bonchev–Trinajstić information content (AvgIpc) is 3.25. The highest BCUT2D eigenvalue weighted by Gasteiger charge is 2.54. The van der Waals surface area contributed by atoms with Crippen molar-refractivity contribution in [1.29, 1.82) is 0 Å². The molecular weight excluding hydrogens is 446 g/mol. The van der Waals surface area contributed by atoms with Gasteiger partial charge >= 0.3 is 0 Å². The lowest BCUT2D eigenvalue weighted by molar-refractivity contribution is -0.128. The molecular formula is C27H33N3O5. The van der Waals surface area contributed by atoms with Gasteiger partial charge in [0, 0.05) is 43.6 Å². The lowest BCUT2D eigenvalue weighted by atomic mass is 9.96. The van der Waals surface area contributed by atoms with Crippen LogP contribution in [0, 0.1) is 5.92 Å². The van der Waals surface area contributed by atoms with Crippen LogP contribution >= 0.6 is 0 Å². The number of benzene rings is 2. The molecule has 2 saturated heterocycles. The maximum atomic E-state index is 13.6. The third-order valence-corrected chi connectivity index (χ3v) is 6.66. The Morgan fingerprint density at radius 3 is 2.23 bits per heavy atom. The molecule has 4 rings (SSSR count). The van der Waals surface area contributed by atoms with Gasteiger partial charge in [0.2, 0.25) is 5.91 Å². The number of nitrogens with zero attached hydrogens (tertiary/aromatic N) is 2. The molecule has 1 spiro atoms. The van der Waals surface area contributed by atoms with Crippen molar-refractivity contribution in [3.05, 3.63) is 65.7 Å². The topological polar surface area (TPSA) is 88.2 Å². The highest BCUT2D eigenvalue weighted by Crippen LogP contribution is 2.39. The molecule has 186 valence electrons. The van der Waals surface area contributed by atoms with Crippen molar-refractivity contribution >= 4 is 17.7 Å². The molecule has 0 saturated carbocycles. The molecule has 0 radical (unpaired) electrons. The van der Waals surface area contributed by atoms with Gasteiger partial charge < -0.3 is 19.7 Å². The summed E-state index contributed by atoms with van der Waals surface area (Å²) in [6.45, 7) is 5.55. The van der Waals surface area contributed by atoms with Gasteiger partial charge in [0.15, 0.2) is 0 Å². The van der Waals surface area contributed by atoms with Crippen LogP contribution in [0.15, 0.2) is 54.6 Å². The molecule has 0 aliphatic carbocycles. The summed E-state index contributed by atoms with van der Waals surface area (Å²) in [7, 11) is 1.58. The zero-order chi connectivity index (χ0) is 25.0. The predicted molar refractivity (Wildman–Crippen MR) is 131 cm³/mol. The molecule has 0 aromatic heterocycles. The fourth-order valence-corrected chi connectivity index (χ4v) is 4.68. The van der Waals surface area contributed by atoms with Crippen LogP contribution in [0.25, 0.3) is 0 Å². The number of amides is 3. The number of rotatable bonds is 6. The first-order valence-electron chi connectivity index (χ1n) is 12.1. The monoisotopic (exact) mass is 479 g/mol. The Morgan fingerprint density at radius 1 is 1.00 bits per heavy atom. The molecule has 35 heavy (non-hydrogen) atoms. The molecule has 2 aliphatic rings. The van der Waals surface area contributed by atoms with Crippen LogP contribution in [0.4, 0.5) is 0 Å². The molecule has 2 aromatic rings. The summed E-state index contributed by atoms with van der Waals surface area (Å²) in [5, 5.41) is 2.95. The Labute approximate surface area is 206 Å². The van der Waals surface area contributed by atoms with Gasteiger partial charge in [-0.15, -0.1) is 0 Å². The van der Waals surface area contributed by atoms with E-state index < -0.39 is 11.8 Å². The largest absolute Gasteiger partial charge is 0.497 e. The lowest BCUT2D eigenvalue weighted by Gasteiger charge is -2.44. The minimum Gasteiger partial charge on any atom is -0.497 e. The number of ether oxygens (including phenoxy) is 2. The number of methoxy groups -OCH3 is 1. The third kappa shape index (κ3) is 5.17. The summed E-state index contributed by atoms with van der Waals surface area (Å²) in [5.41, 5.74) is 0.164.